The predicted octanol–water partition coefficient (Wildman–Crippen LogP) is 6.06. The molecule has 0 saturated heterocycles. The van der Waals surface area contributed by atoms with Crippen molar-refractivity contribution in [1.29, 1.82) is 0 Å². The summed E-state index contributed by atoms with van der Waals surface area (Å²) >= 11 is 0. The number of nitrogens with zero attached hydrogens (tertiary/aromatic N) is 2. The van der Waals surface area contributed by atoms with Crippen molar-refractivity contribution in [3.05, 3.63) is 18.7 Å². The van der Waals surface area contributed by atoms with E-state index in [2.05, 4.69) is 52.9 Å². The molecule has 0 N–H and O–H groups in total. The van der Waals surface area contributed by atoms with Crippen molar-refractivity contribution in [2.24, 2.45) is 7.05 Å². The normalized spacial score (nSPS) is 11.4. The molecule has 184 valence electrons. The zero-order chi connectivity index (χ0) is 23.2. The highest BCUT2D eigenvalue weighted by atomic mass is 32.3. The van der Waals surface area contributed by atoms with Crippen LogP contribution < -0.4 is 4.57 Å². The van der Waals surface area contributed by atoms with Gasteiger partial charge in [-0.05, 0) is 19.3 Å². The third kappa shape index (κ3) is 23.6. The molecular weight excluding hydrogens is 412 g/mol. The van der Waals surface area contributed by atoms with E-state index >= 15 is 0 Å². The van der Waals surface area contributed by atoms with Crippen LogP contribution in [0.2, 0.25) is 0 Å². The van der Waals surface area contributed by atoms with Gasteiger partial charge in [-0.3, -0.25) is 4.18 Å². The molecule has 31 heavy (non-hydrogen) atoms. The van der Waals surface area contributed by atoms with E-state index in [1.807, 2.05) is 0 Å². The largest absolute Gasteiger partial charge is 0.726 e. The van der Waals surface area contributed by atoms with Crippen LogP contribution >= 0.6 is 0 Å². The minimum Gasteiger partial charge on any atom is -0.726 e. The molecule has 0 amide bonds. The highest BCUT2D eigenvalue weighted by Gasteiger charge is 1.99. The lowest BCUT2D eigenvalue weighted by molar-refractivity contribution is -0.671. The molecule has 0 spiro atoms. The van der Waals surface area contributed by atoms with Gasteiger partial charge in [-0.25, -0.2) is 17.6 Å². The molecule has 0 aliphatic carbocycles. The SMILES string of the molecule is CCCCCCCCCCCCn1cc[n+](C)c1.CCCCCCCCOS(=O)(=O)[O-]. The first-order chi connectivity index (χ1) is 14.9. The van der Waals surface area contributed by atoms with Crippen LogP contribution in [0.5, 0.6) is 0 Å². The Morgan fingerprint density at radius 2 is 1.23 bits per heavy atom. The highest BCUT2D eigenvalue weighted by Crippen LogP contribution is 2.10. The third-order valence-electron chi connectivity index (χ3n) is 5.32. The first kappa shape index (κ1) is 30.1. The molecule has 1 aromatic heterocycles. The van der Waals surface area contributed by atoms with Gasteiger partial charge < -0.3 is 4.55 Å². The Labute approximate surface area is 192 Å². The van der Waals surface area contributed by atoms with Crippen molar-refractivity contribution in [2.45, 2.75) is 123 Å². The molecule has 0 atom stereocenters. The fourth-order valence-corrected chi connectivity index (χ4v) is 3.78. The second-order valence-corrected chi connectivity index (χ2v) is 9.55. The zero-order valence-corrected chi connectivity index (χ0v) is 21.2. The van der Waals surface area contributed by atoms with Gasteiger partial charge in [0.05, 0.1) is 20.2 Å². The molecular formula is C24H48N2O4S. The smallest absolute Gasteiger partial charge is 0.243 e. The van der Waals surface area contributed by atoms with E-state index in [9.17, 15) is 13.0 Å². The van der Waals surface area contributed by atoms with E-state index in [4.69, 9.17) is 0 Å². The van der Waals surface area contributed by atoms with Crippen LogP contribution in [-0.4, -0.2) is 24.1 Å². The van der Waals surface area contributed by atoms with Crippen molar-refractivity contribution >= 4 is 10.4 Å². The number of hydrogen-bond acceptors (Lipinski definition) is 4. The lowest BCUT2D eigenvalue weighted by Gasteiger charge is -2.06. The maximum absolute atomic E-state index is 9.99. The monoisotopic (exact) mass is 460 g/mol. The van der Waals surface area contributed by atoms with Crippen molar-refractivity contribution in [1.82, 2.24) is 4.57 Å². The van der Waals surface area contributed by atoms with Crippen molar-refractivity contribution < 1.29 is 21.7 Å². The molecule has 1 aromatic rings. The number of aromatic nitrogens is 2. The van der Waals surface area contributed by atoms with E-state index < -0.39 is 10.4 Å². The number of rotatable bonds is 19. The minimum absolute atomic E-state index is 0.0258. The quantitative estimate of drug-likeness (QED) is 0.109. The van der Waals surface area contributed by atoms with Crippen LogP contribution in [0.25, 0.3) is 0 Å². The lowest BCUT2D eigenvalue weighted by Crippen LogP contribution is -2.23. The molecule has 0 aliphatic heterocycles. The summed E-state index contributed by atoms with van der Waals surface area (Å²) in [4.78, 5) is 0. The molecule has 0 fully saturated rings. The van der Waals surface area contributed by atoms with Gasteiger partial charge in [-0.15, -0.1) is 0 Å². The molecule has 0 radical (unpaired) electrons. The first-order valence-corrected chi connectivity index (χ1v) is 13.8. The third-order valence-corrected chi connectivity index (χ3v) is 5.77. The summed E-state index contributed by atoms with van der Waals surface area (Å²) in [7, 11) is -2.39. The molecule has 7 heteroatoms. The van der Waals surface area contributed by atoms with Crippen molar-refractivity contribution in [3.63, 3.8) is 0 Å². The van der Waals surface area contributed by atoms with Crippen molar-refractivity contribution in [2.75, 3.05) is 6.61 Å². The van der Waals surface area contributed by atoms with Gasteiger partial charge in [0, 0.05) is 0 Å². The summed E-state index contributed by atoms with van der Waals surface area (Å²) in [6.45, 7) is 5.62. The van der Waals surface area contributed by atoms with Crippen LogP contribution in [0.1, 0.15) is 117 Å². The Balaban J connectivity index is 0.000000615. The summed E-state index contributed by atoms with van der Waals surface area (Å²) in [6.07, 6.45) is 26.8. The van der Waals surface area contributed by atoms with Crippen molar-refractivity contribution in [3.8, 4) is 0 Å². The highest BCUT2D eigenvalue weighted by molar-refractivity contribution is 7.80. The fraction of sp³-hybridized carbons (Fsp3) is 0.875. The Morgan fingerprint density at radius 1 is 0.774 bits per heavy atom. The van der Waals surface area contributed by atoms with Gasteiger partial charge in [0.2, 0.25) is 16.7 Å². The van der Waals surface area contributed by atoms with Crippen LogP contribution in [0, 0.1) is 0 Å². The summed E-state index contributed by atoms with van der Waals surface area (Å²) < 4.78 is 38.4. The Morgan fingerprint density at radius 3 is 1.65 bits per heavy atom. The van der Waals surface area contributed by atoms with Crippen LogP contribution in [0.15, 0.2) is 18.7 Å². The fourth-order valence-electron chi connectivity index (χ4n) is 3.46. The average Bonchev–Trinajstić information content (AvgIpc) is 3.13. The van der Waals surface area contributed by atoms with E-state index in [1.54, 1.807) is 0 Å². The molecule has 0 aliphatic rings. The Kier molecular flexibility index (Phi) is 20.3. The second kappa shape index (κ2) is 21.0. The van der Waals surface area contributed by atoms with Gasteiger partial charge >= 0.3 is 0 Å². The summed E-state index contributed by atoms with van der Waals surface area (Å²) in [5.41, 5.74) is 0. The molecule has 1 heterocycles. The number of hydrogen-bond donors (Lipinski definition) is 0. The van der Waals surface area contributed by atoms with E-state index in [-0.39, 0.29) is 6.61 Å². The van der Waals surface area contributed by atoms with Crippen LogP contribution in [-0.2, 0) is 28.2 Å². The predicted molar refractivity (Wildman–Crippen MR) is 126 cm³/mol. The summed E-state index contributed by atoms with van der Waals surface area (Å²) in [6, 6.07) is 0. The molecule has 1 rings (SSSR count). The summed E-state index contributed by atoms with van der Waals surface area (Å²) in [5, 5.41) is 0. The number of aryl methyl sites for hydroxylation is 2. The lowest BCUT2D eigenvalue weighted by atomic mass is 10.1. The maximum Gasteiger partial charge on any atom is 0.243 e. The van der Waals surface area contributed by atoms with Gasteiger partial charge in [-0.2, -0.15) is 0 Å². The molecule has 0 bridgehead atoms. The van der Waals surface area contributed by atoms with Gasteiger partial charge in [0.25, 0.3) is 0 Å². The van der Waals surface area contributed by atoms with E-state index in [0.717, 1.165) is 12.8 Å². The topological polar surface area (TPSA) is 75.2 Å². The van der Waals surface area contributed by atoms with Crippen LogP contribution in [0.3, 0.4) is 0 Å². The molecule has 0 unspecified atom stereocenters. The van der Waals surface area contributed by atoms with E-state index in [1.165, 1.54) is 90.0 Å². The van der Waals surface area contributed by atoms with Gasteiger partial charge in [0.1, 0.15) is 12.4 Å². The minimum atomic E-state index is -4.47. The van der Waals surface area contributed by atoms with Gasteiger partial charge in [0.15, 0.2) is 0 Å². The Hall–Kier alpha value is -0.920. The standard InChI is InChI=1S/C16H31N2.C8H18O4S/c1-3-4-5-6-7-8-9-10-11-12-13-18-15-14-17(2)16-18;1-2-3-4-5-6-7-8-12-13(9,10)11/h14-16H,3-13H2,1-2H3;2-8H2,1H3,(H,9,10,11)/q+1;/p-1. The number of unbranched alkanes of at least 4 members (excludes halogenated alkanes) is 14. The molecule has 0 saturated carbocycles. The maximum atomic E-state index is 9.99. The first-order valence-electron chi connectivity index (χ1n) is 12.5. The second-order valence-electron chi connectivity index (χ2n) is 8.50. The van der Waals surface area contributed by atoms with Crippen LogP contribution in [0.4, 0.5) is 0 Å². The molecule has 6 nitrogen and oxygen atoms in total. The molecule has 0 aromatic carbocycles. The average molecular weight is 461 g/mol. The van der Waals surface area contributed by atoms with E-state index in [0.29, 0.717) is 6.42 Å². The number of imidazole rings is 1. The summed E-state index contributed by atoms with van der Waals surface area (Å²) in [5.74, 6) is 0. The zero-order valence-electron chi connectivity index (χ0n) is 20.4. The Bertz CT molecular complexity index is 602. The van der Waals surface area contributed by atoms with Gasteiger partial charge in [-0.1, -0.05) is 97.3 Å².